The maximum Gasteiger partial charge on any atom is 1.00 e. The molecule has 14 heavy (non-hydrogen) atoms. The summed E-state index contributed by atoms with van der Waals surface area (Å²) in [5, 5.41) is 16.1. The molecule has 1 aliphatic rings. The summed E-state index contributed by atoms with van der Waals surface area (Å²) in [4.78, 5) is 25.5. The zero-order valence-corrected chi connectivity index (χ0v) is 10.1. The minimum atomic E-state index is -1.33. The molecule has 7 heteroatoms. The van der Waals surface area contributed by atoms with Gasteiger partial charge in [-0.25, -0.2) is 0 Å². The fourth-order valence-corrected chi connectivity index (χ4v) is 0.916. The van der Waals surface area contributed by atoms with Crippen LogP contribution in [0.25, 0.3) is 0 Å². The van der Waals surface area contributed by atoms with Crippen molar-refractivity contribution in [3.63, 3.8) is 0 Å². The van der Waals surface area contributed by atoms with E-state index in [1.54, 1.807) is 0 Å². The Morgan fingerprint density at radius 3 is 2.79 bits per heavy atom. The fraction of sp³-hybridized carbons (Fsp3) is 0.571. The van der Waals surface area contributed by atoms with Gasteiger partial charge >= 0.3 is 29.6 Å². The monoisotopic (exact) mass is 208 g/mol. The van der Waals surface area contributed by atoms with Crippen LogP contribution in [0.4, 0.5) is 0 Å². The van der Waals surface area contributed by atoms with E-state index in [1.807, 2.05) is 0 Å². The van der Waals surface area contributed by atoms with E-state index in [2.05, 4.69) is 10.5 Å². The number of nitrogens with zero attached hydrogens (tertiary/aromatic N) is 1. The van der Waals surface area contributed by atoms with Crippen LogP contribution in [0.2, 0.25) is 0 Å². The molecule has 1 amide bonds. The van der Waals surface area contributed by atoms with Crippen LogP contribution in [-0.2, 0) is 14.4 Å². The molecule has 0 radical (unpaired) electrons. The van der Waals surface area contributed by atoms with Crippen molar-refractivity contribution in [1.29, 1.82) is 0 Å². The van der Waals surface area contributed by atoms with E-state index in [0.717, 1.165) is 0 Å². The van der Waals surface area contributed by atoms with E-state index in [9.17, 15) is 14.7 Å². The number of carbonyl (C=O) groups is 2. The maximum atomic E-state index is 10.5. The Balaban J connectivity index is 0.00000169. The molecular formula is C7H9N2NaO4. The second-order valence-corrected chi connectivity index (χ2v) is 2.69. The van der Waals surface area contributed by atoms with Crippen molar-refractivity contribution >= 4 is 17.6 Å². The molecule has 0 fully saturated rings. The van der Waals surface area contributed by atoms with Gasteiger partial charge in [-0.3, -0.25) is 4.79 Å². The fourth-order valence-electron chi connectivity index (χ4n) is 0.916. The van der Waals surface area contributed by atoms with E-state index in [1.165, 1.54) is 6.92 Å². The number of carboxylic acids is 1. The summed E-state index contributed by atoms with van der Waals surface area (Å²) in [7, 11) is 0. The standard InChI is InChI=1S/C7H10N2O4.Na/c1-4(10)8-3-5-2-6(7(11)12)9-13-5;/h5H,2-3H2,1H3,(H,8,10)(H,11,12);/q;+1/p-1. The largest absolute Gasteiger partial charge is 1.00 e. The number of carboxylic acid groups (broad SMARTS) is 1. The van der Waals surface area contributed by atoms with Crippen LogP contribution < -0.4 is 40.0 Å². The molecule has 1 aliphatic heterocycles. The first-order chi connectivity index (χ1) is 6.09. The van der Waals surface area contributed by atoms with Crippen molar-refractivity contribution in [1.82, 2.24) is 5.32 Å². The SMILES string of the molecule is CC(=O)NCC1CC(C(=O)[O-])=NO1.[Na+]. The van der Waals surface area contributed by atoms with E-state index >= 15 is 0 Å². The molecule has 0 aromatic rings. The van der Waals surface area contributed by atoms with Crippen LogP contribution >= 0.6 is 0 Å². The minimum absolute atomic E-state index is 0. The normalized spacial score (nSPS) is 18.9. The van der Waals surface area contributed by atoms with Crippen LogP contribution in [0.1, 0.15) is 13.3 Å². The number of amides is 1. The number of hydrogen-bond acceptors (Lipinski definition) is 5. The van der Waals surface area contributed by atoms with Gasteiger partial charge in [0, 0.05) is 13.3 Å². The predicted molar refractivity (Wildman–Crippen MR) is 40.6 cm³/mol. The summed E-state index contributed by atoms with van der Waals surface area (Å²) in [6, 6.07) is 0. The number of oxime groups is 1. The minimum Gasteiger partial charge on any atom is -0.543 e. The molecule has 1 rings (SSSR count). The molecular weight excluding hydrogens is 199 g/mol. The zero-order valence-electron chi connectivity index (χ0n) is 8.07. The van der Waals surface area contributed by atoms with Crippen molar-refractivity contribution < 1.29 is 49.1 Å². The van der Waals surface area contributed by atoms with E-state index < -0.39 is 12.1 Å². The van der Waals surface area contributed by atoms with Gasteiger partial charge < -0.3 is 20.1 Å². The van der Waals surface area contributed by atoms with Gasteiger partial charge in [-0.05, 0) is 0 Å². The molecule has 6 nitrogen and oxygen atoms in total. The molecule has 1 N–H and O–H groups in total. The van der Waals surface area contributed by atoms with Gasteiger partial charge in [-0.2, -0.15) is 0 Å². The second kappa shape index (κ2) is 6.00. The molecule has 0 bridgehead atoms. The van der Waals surface area contributed by atoms with Gasteiger partial charge in [0.05, 0.1) is 12.5 Å². The van der Waals surface area contributed by atoms with Crippen molar-refractivity contribution in [2.45, 2.75) is 19.4 Å². The zero-order chi connectivity index (χ0) is 9.84. The number of aliphatic carboxylic acids is 1. The summed E-state index contributed by atoms with van der Waals surface area (Å²) in [6.07, 6.45) is -0.223. The summed E-state index contributed by atoms with van der Waals surface area (Å²) < 4.78 is 0. The summed E-state index contributed by atoms with van der Waals surface area (Å²) in [5.74, 6) is -1.52. The number of hydrogen-bond donors (Lipinski definition) is 1. The van der Waals surface area contributed by atoms with E-state index in [-0.39, 0.29) is 54.1 Å². The van der Waals surface area contributed by atoms with Crippen LogP contribution in [-0.4, -0.2) is 30.2 Å². The Kier molecular flexibility index (Phi) is 5.75. The predicted octanol–water partition coefficient (Wildman–Crippen LogP) is -4.98. The average Bonchev–Trinajstić information content (AvgIpc) is 2.48. The van der Waals surface area contributed by atoms with Crippen molar-refractivity contribution in [2.75, 3.05) is 6.54 Å². The molecule has 1 atom stereocenters. The van der Waals surface area contributed by atoms with Crippen LogP contribution in [0.15, 0.2) is 5.16 Å². The molecule has 0 saturated carbocycles. The van der Waals surface area contributed by atoms with Crippen molar-refractivity contribution in [3.8, 4) is 0 Å². The Morgan fingerprint density at radius 2 is 2.36 bits per heavy atom. The first-order valence-electron chi connectivity index (χ1n) is 3.78. The number of nitrogens with one attached hydrogen (secondary N) is 1. The molecule has 0 saturated heterocycles. The third kappa shape index (κ3) is 4.08. The smallest absolute Gasteiger partial charge is 0.543 e. The summed E-state index contributed by atoms with van der Waals surface area (Å²) in [6.45, 7) is 1.63. The Bertz CT molecular complexity index is 266. The van der Waals surface area contributed by atoms with Crippen molar-refractivity contribution in [2.24, 2.45) is 5.16 Å². The number of rotatable bonds is 3. The van der Waals surface area contributed by atoms with Gasteiger partial charge in [0.1, 0.15) is 11.8 Å². The molecule has 1 heterocycles. The van der Waals surface area contributed by atoms with Crippen molar-refractivity contribution in [3.05, 3.63) is 0 Å². The molecule has 0 aromatic heterocycles. The number of carbonyl (C=O) groups excluding carboxylic acids is 2. The van der Waals surface area contributed by atoms with E-state index in [0.29, 0.717) is 0 Å². The molecule has 72 valence electrons. The maximum absolute atomic E-state index is 10.5. The quantitative estimate of drug-likeness (QED) is 0.470. The summed E-state index contributed by atoms with van der Waals surface area (Å²) >= 11 is 0. The van der Waals surface area contributed by atoms with E-state index in [4.69, 9.17) is 4.84 Å². The molecule has 0 aliphatic carbocycles. The Morgan fingerprint density at radius 1 is 1.71 bits per heavy atom. The summed E-state index contributed by atoms with van der Waals surface area (Å²) in [5.41, 5.74) is -0.115. The third-order valence-electron chi connectivity index (χ3n) is 1.55. The van der Waals surface area contributed by atoms with Gasteiger partial charge in [0.2, 0.25) is 5.91 Å². The average molecular weight is 208 g/mol. The topological polar surface area (TPSA) is 90.8 Å². The first kappa shape index (κ1) is 13.4. The second-order valence-electron chi connectivity index (χ2n) is 2.69. The van der Waals surface area contributed by atoms with Gasteiger partial charge in [0.15, 0.2) is 0 Å². The third-order valence-corrected chi connectivity index (χ3v) is 1.55. The van der Waals surface area contributed by atoms with Crippen LogP contribution in [0.5, 0.6) is 0 Å². The first-order valence-corrected chi connectivity index (χ1v) is 3.78. The van der Waals surface area contributed by atoms with Gasteiger partial charge in [0.25, 0.3) is 0 Å². The van der Waals surface area contributed by atoms with Crippen LogP contribution in [0.3, 0.4) is 0 Å². The van der Waals surface area contributed by atoms with Gasteiger partial charge in [-0.15, -0.1) is 0 Å². The van der Waals surface area contributed by atoms with Crippen LogP contribution in [0, 0.1) is 0 Å². The molecule has 0 spiro atoms. The molecule has 0 aromatic carbocycles. The Hall–Kier alpha value is -0.590. The van der Waals surface area contributed by atoms with Gasteiger partial charge in [-0.1, -0.05) is 5.16 Å². The molecule has 1 unspecified atom stereocenters. The Labute approximate surface area is 103 Å².